The fourth-order valence-electron chi connectivity index (χ4n) is 3.02. The van der Waals surface area contributed by atoms with E-state index in [1.165, 1.54) is 6.20 Å². The molecule has 1 aliphatic heterocycles. The highest BCUT2D eigenvalue weighted by molar-refractivity contribution is 5.83. The zero-order valence-corrected chi connectivity index (χ0v) is 12.8. The Morgan fingerprint density at radius 1 is 1.22 bits per heavy atom. The van der Waals surface area contributed by atoms with Gasteiger partial charge >= 0.3 is 0 Å². The lowest BCUT2D eigenvalue weighted by Crippen LogP contribution is -2.44. The first kappa shape index (κ1) is 15.4. The number of piperidine rings is 1. The third-order valence-electron chi connectivity index (χ3n) is 4.35. The molecular formula is C17H20N4O2. The second-order valence-electron chi connectivity index (χ2n) is 5.77. The van der Waals surface area contributed by atoms with Gasteiger partial charge in [0.2, 0.25) is 5.91 Å². The molecule has 0 spiro atoms. The quantitative estimate of drug-likeness (QED) is 0.920. The summed E-state index contributed by atoms with van der Waals surface area (Å²) in [4.78, 5) is 30.0. The Hall–Kier alpha value is -2.47. The zero-order chi connectivity index (χ0) is 16.2. The van der Waals surface area contributed by atoms with Gasteiger partial charge in [-0.3, -0.25) is 14.6 Å². The maximum Gasteiger partial charge on any atom is 0.269 e. The topological polar surface area (TPSA) is 81.2 Å². The largest absolute Gasteiger partial charge is 0.341 e. The van der Waals surface area contributed by atoms with Gasteiger partial charge in [0, 0.05) is 31.5 Å². The van der Waals surface area contributed by atoms with E-state index < -0.39 is 6.04 Å². The lowest BCUT2D eigenvalue weighted by Gasteiger charge is -2.34. The van der Waals surface area contributed by atoms with Crippen molar-refractivity contribution < 1.29 is 4.79 Å². The summed E-state index contributed by atoms with van der Waals surface area (Å²) in [6.45, 7) is 1.22. The summed E-state index contributed by atoms with van der Waals surface area (Å²) in [7, 11) is 0. The molecule has 2 aromatic rings. The number of rotatable bonds is 3. The monoisotopic (exact) mass is 312 g/mol. The highest BCUT2D eigenvalue weighted by Gasteiger charge is 2.27. The van der Waals surface area contributed by atoms with Crippen molar-refractivity contribution in [3.8, 4) is 0 Å². The van der Waals surface area contributed by atoms with Crippen LogP contribution in [0.4, 0.5) is 0 Å². The molecule has 1 aromatic heterocycles. The third-order valence-corrected chi connectivity index (χ3v) is 4.35. The molecule has 23 heavy (non-hydrogen) atoms. The summed E-state index contributed by atoms with van der Waals surface area (Å²) in [5.41, 5.74) is 6.81. The van der Waals surface area contributed by atoms with Gasteiger partial charge < -0.3 is 15.2 Å². The van der Waals surface area contributed by atoms with Gasteiger partial charge in [0.25, 0.3) is 5.56 Å². The van der Waals surface area contributed by atoms with E-state index >= 15 is 0 Å². The normalized spacial score (nSPS) is 17.0. The predicted molar refractivity (Wildman–Crippen MR) is 86.7 cm³/mol. The van der Waals surface area contributed by atoms with Crippen molar-refractivity contribution in [3.05, 3.63) is 64.8 Å². The summed E-state index contributed by atoms with van der Waals surface area (Å²) in [5.74, 6) is -0.0586. The van der Waals surface area contributed by atoms with Crippen LogP contribution >= 0.6 is 0 Å². The van der Waals surface area contributed by atoms with Crippen LogP contribution in [0.1, 0.15) is 30.5 Å². The first-order valence-corrected chi connectivity index (χ1v) is 7.78. The van der Waals surface area contributed by atoms with E-state index in [0.717, 1.165) is 18.4 Å². The molecule has 1 aromatic carbocycles. The Bertz CT molecular complexity index is 721. The van der Waals surface area contributed by atoms with Crippen LogP contribution < -0.4 is 11.3 Å². The third kappa shape index (κ3) is 3.32. The first-order valence-electron chi connectivity index (χ1n) is 7.78. The number of carbonyl (C=O) groups is 1. The van der Waals surface area contributed by atoms with Gasteiger partial charge in [-0.25, -0.2) is 0 Å². The Kier molecular flexibility index (Phi) is 4.52. The summed E-state index contributed by atoms with van der Waals surface area (Å²) in [5, 5.41) is 0. The van der Waals surface area contributed by atoms with Crippen molar-refractivity contribution in [1.82, 2.24) is 14.5 Å². The number of nitrogens with zero attached hydrogens (tertiary/aromatic N) is 3. The minimum Gasteiger partial charge on any atom is -0.341 e. The van der Waals surface area contributed by atoms with E-state index in [1.54, 1.807) is 21.9 Å². The molecule has 3 rings (SSSR count). The summed E-state index contributed by atoms with van der Waals surface area (Å²) in [6, 6.07) is 8.88. The van der Waals surface area contributed by atoms with Gasteiger partial charge in [-0.15, -0.1) is 0 Å². The number of hydrogen-bond acceptors (Lipinski definition) is 4. The maximum atomic E-state index is 12.5. The average molecular weight is 312 g/mol. The number of amides is 1. The van der Waals surface area contributed by atoms with Gasteiger partial charge in [0.15, 0.2) is 0 Å². The molecule has 0 aliphatic carbocycles. The summed E-state index contributed by atoms with van der Waals surface area (Å²) >= 11 is 0. The molecule has 120 valence electrons. The Morgan fingerprint density at radius 3 is 2.57 bits per heavy atom. The number of benzene rings is 1. The van der Waals surface area contributed by atoms with E-state index in [4.69, 9.17) is 5.73 Å². The van der Waals surface area contributed by atoms with E-state index in [0.29, 0.717) is 13.1 Å². The lowest BCUT2D eigenvalue weighted by molar-refractivity contribution is -0.134. The number of carbonyl (C=O) groups excluding carboxylic acids is 1. The van der Waals surface area contributed by atoms with E-state index in [-0.39, 0.29) is 17.5 Å². The van der Waals surface area contributed by atoms with Crippen LogP contribution in [0.5, 0.6) is 0 Å². The number of likely N-dealkylation sites (tertiary alicyclic amines) is 1. The molecule has 0 radical (unpaired) electrons. The van der Waals surface area contributed by atoms with Crippen LogP contribution in [0.3, 0.4) is 0 Å². The molecule has 6 heteroatoms. The predicted octanol–water partition coefficient (Wildman–Crippen LogP) is 1.11. The molecule has 1 amide bonds. The van der Waals surface area contributed by atoms with Gasteiger partial charge in [0.1, 0.15) is 6.04 Å². The van der Waals surface area contributed by atoms with Crippen LogP contribution in [0.2, 0.25) is 0 Å². The SMILES string of the molecule is NC(C(=O)N1CCC(n2ccncc2=O)CC1)c1ccccc1. The Labute approximate surface area is 134 Å². The molecule has 1 aliphatic rings. The molecule has 6 nitrogen and oxygen atoms in total. The van der Waals surface area contributed by atoms with Crippen molar-refractivity contribution in [3.63, 3.8) is 0 Å². The molecule has 1 unspecified atom stereocenters. The Balaban J connectivity index is 1.64. The fourth-order valence-corrected chi connectivity index (χ4v) is 3.02. The number of nitrogens with two attached hydrogens (primary N) is 1. The van der Waals surface area contributed by atoms with Gasteiger partial charge in [-0.05, 0) is 18.4 Å². The summed E-state index contributed by atoms with van der Waals surface area (Å²) < 4.78 is 1.70. The van der Waals surface area contributed by atoms with Crippen molar-refractivity contribution >= 4 is 5.91 Å². The standard InChI is InChI=1S/C17H20N4O2/c18-16(13-4-2-1-3-5-13)17(23)20-9-6-14(7-10-20)21-11-8-19-12-15(21)22/h1-5,8,11-12,14,16H,6-7,9-10,18H2. The minimum absolute atomic E-state index is 0.0586. The highest BCUT2D eigenvalue weighted by Crippen LogP contribution is 2.23. The first-order chi connectivity index (χ1) is 11.2. The maximum absolute atomic E-state index is 12.5. The highest BCUT2D eigenvalue weighted by atomic mass is 16.2. The minimum atomic E-state index is -0.628. The van der Waals surface area contributed by atoms with Crippen molar-refractivity contribution in [2.24, 2.45) is 5.73 Å². The van der Waals surface area contributed by atoms with Crippen LogP contribution in [0.15, 0.2) is 53.7 Å². The second-order valence-corrected chi connectivity index (χ2v) is 5.77. The lowest BCUT2D eigenvalue weighted by atomic mass is 10.0. The second kappa shape index (κ2) is 6.75. The Morgan fingerprint density at radius 2 is 1.91 bits per heavy atom. The molecular weight excluding hydrogens is 292 g/mol. The number of hydrogen-bond donors (Lipinski definition) is 1. The summed E-state index contributed by atoms with van der Waals surface area (Å²) in [6.07, 6.45) is 6.14. The zero-order valence-electron chi connectivity index (χ0n) is 12.8. The van der Waals surface area contributed by atoms with Crippen LogP contribution in [0, 0.1) is 0 Å². The van der Waals surface area contributed by atoms with E-state index in [1.807, 2.05) is 30.3 Å². The van der Waals surface area contributed by atoms with Crippen LogP contribution in [0.25, 0.3) is 0 Å². The van der Waals surface area contributed by atoms with Crippen LogP contribution in [-0.4, -0.2) is 33.4 Å². The average Bonchev–Trinajstić information content (AvgIpc) is 2.62. The molecule has 1 atom stereocenters. The molecule has 1 fully saturated rings. The number of aromatic nitrogens is 2. The molecule has 0 saturated carbocycles. The van der Waals surface area contributed by atoms with Gasteiger partial charge in [0.05, 0.1) is 6.20 Å². The molecule has 2 heterocycles. The smallest absolute Gasteiger partial charge is 0.269 e. The fraction of sp³-hybridized carbons (Fsp3) is 0.353. The molecule has 0 bridgehead atoms. The van der Waals surface area contributed by atoms with E-state index in [2.05, 4.69) is 4.98 Å². The van der Waals surface area contributed by atoms with Gasteiger partial charge in [-0.1, -0.05) is 30.3 Å². The van der Waals surface area contributed by atoms with Crippen molar-refractivity contribution in [2.75, 3.05) is 13.1 Å². The molecule has 2 N–H and O–H groups in total. The van der Waals surface area contributed by atoms with Crippen LogP contribution in [-0.2, 0) is 4.79 Å². The van der Waals surface area contributed by atoms with Crippen molar-refractivity contribution in [1.29, 1.82) is 0 Å². The van der Waals surface area contributed by atoms with E-state index in [9.17, 15) is 9.59 Å². The van der Waals surface area contributed by atoms with Crippen molar-refractivity contribution in [2.45, 2.75) is 24.9 Å². The van der Waals surface area contributed by atoms with Gasteiger partial charge in [-0.2, -0.15) is 0 Å². The molecule has 1 saturated heterocycles.